The standard InChI is InChI=1S/C12H14Br2N2O5/c1-3-15-12(2,11(17)18)6-21-10-8(13)4-7(16(19)20)5-9(10)14/h4-5,15H,3,6H2,1-2H3,(H,17,18). The van der Waals surface area contributed by atoms with E-state index in [-0.39, 0.29) is 12.3 Å². The SMILES string of the molecule is CCNC(C)(COc1c(Br)cc([N+](=O)[O-])cc1Br)C(=O)O. The molecular weight excluding hydrogens is 412 g/mol. The zero-order valence-corrected chi connectivity index (χ0v) is 14.5. The van der Waals surface area contributed by atoms with Gasteiger partial charge in [0.05, 0.1) is 13.9 Å². The van der Waals surface area contributed by atoms with Gasteiger partial charge in [-0.15, -0.1) is 0 Å². The molecule has 0 aliphatic heterocycles. The number of aliphatic carboxylic acids is 1. The second-order valence-corrected chi connectivity index (χ2v) is 6.16. The largest absolute Gasteiger partial charge is 0.489 e. The van der Waals surface area contributed by atoms with Crippen molar-refractivity contribution in [2.75, 3.05) is 13.2 Å². The molecule has 0 aliphatic rings. The predicted molar refractivity (Wildman–Crippen MR) is 83.7 cm³/mol. The summed E-state index contributed by atoms with van der Waals surface area (Å²) in [7, 11) is 0. The summed E-state index contributed by atoms with van der Waals surface area (Å²) in [5, 5.41) is 22.8. The summed E-state index contributed by atoms with van der Waals surface area (Å²) in [6.45, 7) is 3.63. The number of nitrogens with zero attached hydrogens (tertiary/aromatic N) is 1. The summed E-state index contributed by atoms with van der Waals surface area (Å²) in [6, 6.07) is 2.59. The molecule has 0 aliphatic carbocycles. The molecule has 1 atom stereocenters. The van der Waals surface area contributed by atoms with E-state index in [0.29, 0.717) is 21.2 Å². The van der Waals surface area contributed by atoms with Gasteiger partial charge in [0, 0.05) is 12.1 Å². The number of nitro benzene ring substituents is 1. The minimum atomic E-state index is -1.25. The number of hydrogen-bond donors (Lipinski definition) is 2. The van der Waals surface area contributed by atoms with Crippen LogP contribution in [0.3, 0.4) is 0 Å². The molecule has 0 radical (unpaired) electrons. The first-order valence-corrected chi connectivity index (χ1v) is 7.54. The molecule has 0 amide bonds. The number of likely N-dealkylation sites (N-methyl/N-ethyl adjacent to an activating group) is 1. The van der Waals surface area contributed by atoms with Crippen LogP contribution in [0.1, 0.15) is 13.8 Å². The lowest BCUT2D eigenvalue weighted by Gasteiger charge is -2.26. The molecule has 0 fully saturated rings. The van der Waals surface area contributed by atoms with Crippen LogP contribution in [-0.4, -0.2) is 34.7 Å². The van der Waals surface area contributed by atoms with Crippen LogP contribution in [0.2, 0.25) is 0 Å². The zero-order chi connectivity index (χ0) is 16.2. The Morgan fingerprint density at radius 1 is 1.48 bits per heavy atom. The summed E-state index contributed by atoms with van der Waals surface area (Å²) < 4.78 is 6.26. The third-order valence-corrected chi connectivity index (χ3v) is 3.92. The van der Waals surface area contributed by atoms with Crippen LogP contribution in [0.25, 0.3) is 0 Å². The van der Waals surface area contributed by atoms with E-state index >= 15 is 0 Å². The molecule has 2 N–H and O–H groups in total. The lowest BCUT2D eigenvalue weighted by Crippen LogP contribution is -2.53. The number of carboxylic acids is 1. The van der Waals surface area contributed by atoms with Gasteiger partial charge in [-0.1, -0.05) is 6.92 Å². The molecule has 1 aromatic carbocycles. The maximum Gasteiger partial charge on any atom is 0.327 e. The first-order chi connectivity index (χ1) is 9.71. The van der Waals surface area contributed by atoms with Crippen molar-refractivity contribution >= 4 is 43.5 Å². The van der Waals surface area contributed by atoms with Gasteiger partial charge < -0.3 is 9.84 Å². The highest BCUT2D eigenvalue weighted by Crippen LogP contribution is 2.37. The van der Waals surface area contributed by atoms with Crippen LogP contribution < -0.4 is 10.1 Å². The maximum atomic E-state index is 11.3. The fraction of sp³-hybridized carbons (Fsp3) is 0.417. The lowest BCUT2D eigenvalue weighted by molar-refractivity contribution is -0.385. The Morgan fingerprint density at radius 2 is 2.00 bits per heavy atom. The number of non-ortho nitro benzene ring substituents is 1. The Bertz CT molecular complexity index is 544. The van der Waals surface area contributed by atoms with Gasteiger partial charge in [-0.05, 0) is 45.3 Å². The van der Waals surface area contributed by atoms with Gasteiger partial charge in [-0.3, -0.25) is 20.2 Å². The molecule has 9 heteroatoms. The molecule has 0 heterocycles. The topological polar surface area (TPSA) is 102 Å². The monoisotopic (exact) mass is 424 g/mol. The van der Waals surface area contributed by atoms with Crippen LogP contribution in [0.5, 0.6) is 5.75 Å². The summed E-state index contributed by atoms with van der Waals surface area (Å²) in [4.78, 5) is 21.5. The second kappa shape index (κ2) is 7.19. The van der Waals surface area contributed by atoms with Crippen LogP contribution >= 0.6 is 31.9 Å². The predicted octanol–water partition coefficient (Wildman–Crippen LogP) is 2.95. The number of hydrogen-bond acceptors (Lipinski definition) is 5. The quantitative estimate of drug-likeness (QED) is 0.514. The minimum absolute atomic E-state index is 0.103. The summed E-state index contributed by atoms with van der Waals surface area (Å²) in [5.74, 6) is -0.732. The highest BCUT2D eigenvalue weighted by atomic mass is 79.9. The first kappa shape index (κ1) is 17.9. The molecule has 0 aromatic heterocycles. The summed E-state index contributed by atoms with van der Waals surface area (Å²) in [5.41, 5.74) is -1.36. The molecule has 116 valence electrons. The van der Waals surface area contributed by atoms with E-state index in [0.717, 1.165) is 0 Å². The fourth-order valence-corrected chi connectivity index (χ4v) is 2.98. The number of benzene rings is 1. The number of halogens is 2. The normalized spacial score (nSPS) is 13.5. The Hall–Kier alpha value is -1.19. The Morgan fingerprint density at radius 3 is 2.38 bits per heavy atom. The van der Waals surface area contributed by atoms with E-state index in [1.807, 2.05) is 0 Å². The van der Waals surface area contributed by atoms with Crippen molar-refractivity contribution < 1.29 is 19.6 Å². The molecule has 0 spiro atoms. The Labute approximate surface area is 138 Å². The molecule has 1 aromatic rings. The average molecular weight is 426 g/mol. The minimum Gasteiger partial charge on any atom is -0.489 e. The summed E-state index contributed by atoms with van der Waals surface area (Å²) >= 11 is 6.37. The molecule has 0 bridgehead atoms. The second-order valence-electron chi connectivity index (χ2n) is 4.45. The van der Waals surface area contributed by atoms with Gasteiger partial charge >= 0.3 is 5.97 Å². The number of carboxylic acid groups (broad SMARTS) is 1. The van der Waals surface area contributed by atoms with Gasteiger partial charge in [0.25, 0.3) is 5.69 Å². The maximum absolute atomic E-state index is 11.3. The highest BCUT2D eigenvalue weighted by molar-refractivity contribution is 9.11. The van der Waals surface area contributed by atoms with E-state index in [2.05, 4.69) is 37.2 Å². The van der Waals surface area contributed by atoms with E-state index in [1.165, 1.54) is 19.1 Å². The van der Waals surface area contributed by atoms with Crippen molar-refractivity contribution in [3.8, 4) is 5.75 Å². The van der Waals surface area contributed by atoms with Gasteiger partial charge in [0.1, 0.15) is 17.9 Å². The Balaban J connectivity index is 2.98. The third-order valence-electron chi connectivity index (χ3n) is 2.74. The van der Waals surface area contributed by atoms with Crippen molar-refractivity contribution in [2.24, 2.45) is 0 Å². The smallest absolute Gasteiger partial charge is 0.327 e. The van der Waals surface area contributed by atoms with Gasteiger partial charge in [-0.2, -0.15) is 0 Å². The first-order valence-electron chi connectivity index (χ1n) is 5.96. The van der Waals surface area contributed by atoms with E-state index in [4.69, 9.17) is 4.74 Å². The molecule has 0 saturated heterocycles. The number of nitro groups is 1. The van der Waals surface area contributed by atoms with Gasteiger partial charge in [-0.25, -0.2) is 0 Å². The summed E-state index contributed by atoms with van der Waals surface area (Å²) in [6.07, 6.45) is 0. The van der Waals surface area contributed by atoms with Gasteiger partial charge in [0.2, 0.25) is 0 Å². The lowest BCUT2D eigenvalue weighted by atomic mass is 10.0. The van der Waals surface area contributed by atoms with Crippen molar-refractivity contribution in [3.05, 3.63) is 31.2 Å². The molecular formula is C12H14Br2N2O5. The van der Waals surface area contributed by atoms with Crippen LogP contribution in [0.15, 0.2) is 21.1 Å². The molecule has 0 saturated carbocycles. The molecule has 1 rings (SSSR count). The molecule has 21 heavy (non-hydrogen) atoms. The zero-order valence-electron chi connectivity index (χ0n) is 11.4. The average Bonchev–Trinajstić information content (AvgIpc) is 2.37. The van der Waals surface area contributed by atoms with Crippen LogP contribution in [-0.2, 0) is 4.79 Å². The van der Waals surface area contributed by atoms with E-state index < -0.39 is 16.4 Å². The molecule has 1 unspecified atom stereocenters. The van der Waals surface area contributed by atoms with Crippen LogP contribution in [0, 0.1) is 10.1 Å². The fourth-order valence-electron chi connectivity index (χ4n) is 1.58. The van der Waals surface area contributed by atoms with Gasteiger partial charge in [0.15, 0.2) is 0 Å². The van der Waals surface area contributed by atoms with Crippen molar-refractivity contribution in [3.63, 3.8) is 0 Å². The number of ether oxygens (including phenoxy) is 1. The van der Waals surface area contributed by atoms with E-state index in [9.17, 15) is 20.0 Å². The Kier molecular flexibility index (Phi) is 6.11. The number of rotatable bonds is 7. The number of carbonyl (C=O) groups is 1. The highest BCUT2D eigenvalue weighted by Gasteiger charge is 2.33. The van der Waals surface area contributed by atoms with Crippen molar-refractivity contribution in [1.29, 1.82) is 0 Å². The van der Waals surface area contributed by atoms with Crippen molar-refractivity contribution in [2.45, 2.75) is 19.4 Å². The van der Waals surface area contributed by atoms with Crippen LogP contribution in [0.4, 0.5) is 5.69 Å². The van der Waals surface area contributed by atoms with E-state index in [1.54, 1.807) is 6.92 Å². The number of nitrogens with one attached hydrogen (secondary N) is 1. The molecule has 7 nitrogen and oxygen atoms in total. The third kappa shape index (κ3) is 4.39. The van der Waals surface area contributed by atoms with Crippen molar-refractivity contribution in [1.82, 2.24) is 5.32 Å².